The van der Waals surface area contributed by atoms with E-state index < -0.39 is 0 Å². The van der Waals surface area contributed by atoms with Gasteiger partial charge in [-0.15, -0.1) is 6.58 Å². The Morgan fingerprint density at radius 1 is 0.794 bits per heavy atom. The molecule has 0 radical (unpaired) electrons. The van der Waals surface area contributed by atoms with Crippen molar-refractivity contribution in [3.05, 3.63) is 131 Å². The molecule has 2 fully saturated rings. The van der Waals surface area contributed by atoms with Gasteiger partial charge >= 0.3 is 0 Å². The van der Waals surface area contributed by atoms with Gasteiger partial charge in [0, 0.05) is 39.3 Å². The van der Waals surface area contributed by atoms with Crippen LogP contribution in [0, 0.1) is 11.8 Å². The SMILES string of the molecule is C=CC1(Br)CCCCC1.CC(=O)C(Br)CC=C(C)C.CC1(Br)Cc2ccccc2C1=O.CC1CCCC1=O.CC1Cc2ccccc2C1=O.CCC(Br)(CC)C(=O)c1ccccc1. The lowest BCUT2D eigenvalue weighted by Gasteiger charge is -2.27. The van der Waals surface area contributed by atoms with E-state index in [-0.39, 0.29) is 36.7 Å². The fourth-order valence-corrected chi connectivity index (χ4v) is 8.99. The number of halogens is 4. The highest BCUT2D eigenvalue weighted by atomic mass is 79.9. The van der Waals surface area contributed by atoms with Crippen LogP contribution < -0.4 is 0 Å². The Kier molecular flexibility index (Phi) is 24.9. The van der Waals surface area contributed by atoms with Crippen molar-refractivity contribution in [1.82, 2.24) is 0 Å². The Bertz CT molecular complexity index is 1990. The number of benzene rings is 3. The average Bonchev–Trinajstić information content (AvgIpc) is 3.89. The second-order valence-electron chi connectivity index (χ2n) is 17.5. The van der Waals surface area contributed by atoms with Gasteiger partial charge in [-0.1, -0.05) is 207 Å². The molecule has 9 heteroatoms. The first-order valence-electron chi connectivity index (χ1n) is 22.5. The Morgan fingerprint density at radius 3 is 1.76 bits per heavy atom. The Morgan fingerprint density at radius 2 is 1.33 bits per heavy atom. The molecular formula is C54H70Br4O5. The summed E-state index contributed by atoms with van der Waals surface area (Å²) in [5.74, 6) is 1.92. The van der Waals surface area contributed by atoms with Crippen LogP contribution in [0.4, 0.5) is 0 Å². The summed E-state index contributed by atoms with van der Waals surface area (Å²) in [5, 5.41) is 0. The molecule has 4 unspecified atom stereocenters. The molecule has 0 amide bonds. The number of fused-ring (bicyclic) bond motifs is 2. The van der Waals surface area contributed by atoms with Gasteiger partial charge in [0.25, 0.3) is 0 Å². The summed E-state index contributed by atoms with van der Waals surface area (Å²) in [6.45, 7) is 19.4. The van der Waals surface area contributed by atoms with E-state index in [1.54, 1.807) is 6.92 Å². The molecule has 344 valence electrons. The maximum Gasteiger partial charge on any atom is 0.179 e. The lowest BCUT2D eigenvalue weighted by atomic mass is 9.89. The number of allylic oxidation sites excluding steroid dienone is 3. The molecule has 4 atom stereocenters. The largest absolute Gasteiger partial charge is 0.299 e. The third-order valence-corrected chi connectivity index (χ3v) is 16.2. The number of Topliss-reactive ketones (excluding diaryl/α,β-unsaturated/α-hetero) is 5. The van der Waals surface area contributed by atoms with Crippen LogP contribution in [0.1, 0.15) is 168 Å². The highest BCUT2D eigenvalue weighted by Crippen LogP contribution is 2.37. The van der Waals surface area contributed by atoms with Crippen LogP contribution in [-0.4, -0.2) is 46.7 Å². The minimum absolute atomic E-state index is 0.00222. The Balaban J connectivity index is 0.000000263. The van der Waals surface area contributed by atoms with Crippen molar-refractivity contribution in [2.24, 2.45) is 11.8 Å². The molecule has 2 saturated carbocycles. The summed E-state index contributed by atoms with van der Waals surface area (Å²) in [6.07, 6.45) is 18.0. The molecule has 0 aromatic heterocycles. The van der Waals surface area contributed by atoms with Crippen molar-refractivity contribution in [1.29, 1.82) is 0 Å². The van der Waals surface area contributed by atoms with Gasteiger partial charge in [-0.05, 0) is 96.6 Å². The molecule has 7 rings (SSSR count). The lowest BCUT2D eigenvalue weighted by Crippen LogP contribution is -2.30. The van der Waals surface area contributed by atoms with Crippen LogP contribution in [-0.2, 0) is 22.4 Å². The second-order valence-corrected chi connectivity index (χ2v) is 23.5. The minimum Gasteiger partial charge on any atom is -0.299 e. The Labute approximate surface area is 413 Å². The van der Waals surface area contributed by atoms with Gasteiger partial charge in [0.2, 0.25) is 0 Å². The average molecular weight is 1120 g/mol. The molecule has 0 saturated heterocycles. The highest BCUT2D eigenvalue weighted by molar-refractivity contribution is 9.10. The van der Waals surface area contributed by atoms with Gasteiger partial charge in [-0.25, -0.2) is 0 Å². The summed E-state index contributed by atoms with van der Waals surface area (Å²) in [4.78, 5) is 56.4. The summed E-state index contributed by atoms with van der Waals surface area (Å²) >= 11 is 13.9. The molecule has 0 heterocycles. The molecule has 4 aliphatic carbocycles. The van der Waals surface area contributed by atoms with E-state index in [4.69, 9.17) is 0 Å². The molecule has 0 N–H and O–H groups in total. The minimum atomic E-state index is -0.381. The molecule has 3 aromatic rings. The third-order valence-electron chi connectivity index (χ3n) is 11.9. The normalized spacial score (nSPS) is 20.7. The van der Waals surface area contributed by atoms with Crippen LogP contribution in [0.15, 0.2) is 103 Å². The third kappa shape index (κ3) is 18.7. The number of hydrogen-bond donors (Lipinski definition) is 0. The number of alkyl halides is 4. The zero-order valence-corrected chi connectivity index (χ0v) is 45.2. The van der Waals surface area contributed by atoms with E-state index in [0.29, 0.717) is 21.8 Å². The summed E-state index contributed by atoms with van der Waals surface area (Å²) in [7, 11) is 0. The van der Waals surface area contributed by atoms with E-state index in [1.165, 1.54) is 43.2 Å². The van der Waals surface area contributed by atoms with Crippen LogP contribution in [0.5, 0.6) is 0 Å². The number of carbonyl (C=O) groups excluding carboxylic acids is 5. The summed E-state index contributed by atoms with van der Waals surface area (Å²) in [6, 6.07) is 25.1. The predicted octanol–water partition coefficient (Wildman–Crippen LogP) is 15.8. The van der Waals surface area contributed by atoms with Crippen molar-refractivity contribution in [3.8, 4) is 0 Å². The fourth-order valence-electron chi connectivity index (χ4n) is 7.50. The van der Waals surface area contributed by atoms with Crippen molar-refractivity contribution in [3.63, 3.8) is 0 Å². The van der Waals surface area contributed by atoms with Crippen molar-refractivity contribution in [2.75, 3.05) is 0 Å². The first-order chi connectivity index (χ1) is 29.6. The Hall–Kier alpha value is -2.59. The summed E-state index contributed by atoms with van der Waals surface area (Å²) < 4.78 is -0.448. The number of carbonyl (C=O) groups is 5. The number of hydrogen-bond acceptors (Lipinski definition) is 5. The zero-order valence-electron chi connectivity index (χ0n) is 38.8. The number of ketones is 5. The molecule has 0 spiro atoms. The first-order valence-corrected chi connectivity index (χ1v) is 25.8. The quantitative estimate of drug-likeness (QED) is 0.127. The van der Waals surface area contributed by atoms with Gasteiger partial charge < -0.3 is 0 Å². The van der Waals surface area contributed by atoms with Gasteiger partial charge in [0.1, 0.15) is 11.6 Å². The van der Waals surface area contributed by atoms with Crippen LogP contribution in [0.3, 0.4) is 0 Å². The topological polar surface area (TPSA) is 85.3 Å². The maximum atomic E-state index is 12.1. The maximum absolute atomic E-state index is 12.1. The smallest absolute Gasteiger partial charge is 0.179 e. The fraction of sp³-hybridized carbons (Fsp3) is 0.500. The second kappa shape index (κ2) is 27.8. The number of rotatable bonds is 8. The molecule has 5 nitrogen and oxygen atoms in total. The summed E-state index contributed by atoms with van der Waals surface area (Å²) in [5.41, 5.74) is 6.21. The van der Waals surface area contributed by atoms with Crippen molar-refractivity contribution in [2.45, 2.75) is 157 Å². The van der Waals surface area contributed by atoms with E-state index in [1.807, 2.05) is 133 Å². The molecule has 3 aromatic carbocycles. The van der Waals surface area contributed by atoms with E-state index in [2.05, 4.69) is 76.4 Å². The van der Waals surface area contributed by atoms with Crippen molar-refractivity contribution < 1.29 is 24.0 Å². The van der Waals surface area contributed by atoms with Gasteiger partial charge in [0.05, 0.1) is 13.5 Å². The highest BCUT2D eigenvalue weighted by Gasteiger charge is 2.38. The standard InChI is InChI=1S/C12H15BrO.C10H9BrO.C10H10O.C8H13BrO.C8H13Br.C6H10O/c1-3-12(13,4-2)11(14)10-8-6-5-7-9-10;1-10(11)6-7-4-2-3-5-8(7)9(10)12;1-7-6-8-4-2-3-5-9(8)10(7)11;1-6(2)4-5-8(9)7(3)10;1-2-8(9)6-4-3-5-7-8;1-5-3-2-4-6(5)7/h5-9H,3-4H2,1-2H3;2-5H,6H2,1H3;2-5,7H,6H2,1H3;4,8H,5H2,1-3H3;2H,1,3-7H2;5H,2-4H2,1H3. The molecule has 0 bridgehead atoms. The van der Waals surface area contributed by atoms with E-state index in [0.717, 1.165) is 73.6 Å². The van der Waals surface area contributed by atoms with Crippen molar-refractivity contribution >= 4 is 92.6 Å². The molecule has 0 aliphatic heterocycles. The van der Waals surface area contributed by atoms with E-state index >= 15 is 0 Å². The van der Waals surface area contributed by atoms with Crippen LogP contribution >= 0.6 is 63.7 Å². The van der Waals surface area contributed by atoms with Gasteiger partial charge in [-0.3, -0.25) is 24.0 Å². The zero-order chi connectivity index (χ0) is 47.4. The van der Waals surface area contributed by atoms with Crippen LogP contribution in [0.2, 0.25) is 0 Å². The monoisotopic (exact) mass is 1110 g/mol. The molecular weight excluding hydrogens is 1050 g/mol. The lowest BCUT2D eigenvalue weighted by molar-refractivity contribution is -0.120. The molecule has 4 aliphatic rings. The van der Waals surface area contributed by atoms with Crippen LogP contribution in [0.25, 0.3) is 0 Å². The van der Waals surface area contributed by atoms with Gasteiger partial charge in [0.15, 0.2) is 17.3 Å². The predicted molar refractivity (Wildman–Crippen MR) is 279 cm³/mol. The first kappa shape index (κ1) is 56.5. The van der Waals surface area contributed by atoms with E-state index in [9.17, 15) is 24.0 Å². The molecule has 63 heavy (non-hydrogen) atoms. The van der Waals surface area contributed by atoms with Gasteiger partial charge in [-0.2, -0.15) is 0 Å².